The smallest absolute Gasteiger partial charge is 0.142 e. The van der Waals surface area contributed by atoms with Crippen molar-refractivity contribution in [2.75, 3.05) is 0 Å². The summed E-state index contributed by atoms with van der Waals surface area (Å²) in [6, 6.07) is 8.05. The van der Waals surface area contributed by atoms with Crippen LogP contribution in [0.25, 0.3) is 11.3 Å². The van der Waals surface area contributed by atoms with E-state index in [1.54, 1.807) is 18.2 Å². The van der Waals surface area contributed by atoms with Crippen LogP contribution in [0.2, 0.25) is 5.02 Å². The highest BCUT2D eigenvalue weighted by Crippen LogP contribution is 2.25. The first-order valence-electron chi connectivity index (χ1n) is 4.45. The van der Waals surface area contributed by atoms with Crippen LogP contribution in [0.1, 0.15) is 5.76 Å². The Balaban J connectivity index is 2.40. The van der Waals surface area contributed by atoms with E-state index in [9.17, 15) is 4.39 Å². The van der Waals surface area contributed by atoms with E-state index in [2.05, 4.69) is 0 Å². The van der Waals surface area contributed by atoms with Gasteiger partial charge in [-0.15, -0.1) is 0 Å². The van der Waals surface area contributed by atoms with E-state index < -0.39 is 5.82 Å². The first-order chi connectivity index (χ1) is 7.20. The van der Waals surface area contributed by atoms with E-state index in [1.807, 2.05) is 0 Å². The van der Waals surface area contributed by atoms with Gasteiger partial charge in [-0.05, 0) is 30.3 Å². The number of benzene rings is 1. The van der Waals surface area contributed by atoms with Crippen LogP contribution in [0, 0.1) is 5.82 Å². The Hall–Kier alpha value is -1.32. The molecule has 0 fully saturated rings. The number of rotatable bonds is 2. The molecule has 0 spiro atoms. The minimum Gasteiger partial charge on any atom is -0.460 e. The number of furan rings is 1. The average Bonchev–Trinajstić information content (AvgIpc) is 2.70. The maximum Gasteiger partial charge on any atom is 0.142 e. The van der Waals surface area contributed by atoms with Gasteiger partial charge in [0.25, 0.3) is 0 Å². The quantitative estimate of drug-likeness (QED) is 0.853. The Morgan fingerprint density at radius 2 is 2.07 bits per heavy atom. The van der Waals surface area contributed by atoms with Crippen LogP contribution in [0.15, 0.2) is 34.7 Å². The van der Waals surface area contributed by atoms with Crippen molar-refractivity contribution in [3.63, 3.8) is 0 Å². The lowest BCUT2D eigenvalue weighted by Gasteiger charge is -1.98. The van der Waals surface area contributed by atoms with Crippen LogP contribution in [0.3, 0.4) is 0 Å². The summed E-state index contributed by atoms with van der Waals surface area (Å²) in [5.41, 5.74) is 6.06. The minimum atomic E-state index is -0.458. The molecule has 2 nitrogen and oxygen atoms in total. The van der Waals surface area contributed by atoms with Crippen molar-refractivity contribution in [3.8, 4) is 11.3 Å². The van der Waals surface area contributed by atoms with E-state index in [1.165, 1.54) is 12.1 Å². The fourth-order valence-corrected chi connectivity index (χ4v) is 1.41. The van der Waals surface area contributed by atoms with E-state index in [0.717, 1.165) is 0 Å². The topological polar surface area (TPSA) is 39.2 Å². The van der Waals surface area contributed by atoms with Crippen molar-refractivity contribution in [1.82, 2.24) is 0 Å². The summed E-state index contributed by atoms with van der Waals surface area (Å²) >= 11 is 5.57. The van der Waals surface area contributed by atoms with Crippen LogP contribution >= 0.6 is 11.6 Å². The third kappa shape index (κ3) is 2.03. The molecule has 0 aliphatic rings. The maximum atomic E-state index is 13.2. The van der Waals surface area contributed by atoms with Gasteiger partial charge in [-0.25, -0.2) is 4.39 Å². The Morgan fingerprint density at radius 1 is 1.27 bits per heavy atom. The largest absolute Gasteiger partial charge is 0.460 e. The molecule has 0 saturated heterocycles. The summed E-state index contributed by atoms with van der Waals surface area (Å²) in [6.07, 6.45) is 0. The summed E-state index contributed by atoms with van der Waals surface area (Å²) in [7, 11) is 0. The molecule has 0 atom stereocenters. The van der Waals surface area contributed by atoms with Gasteiger partial charge in [-0.1, -0.05) is 11.6 Å². The van der Waals surface area contributed by atoms with Gasteiger partial charge in [0.15, 0.2) is 0 Å². The van der Waals surface area contributed by atoms with Crippen LogP contribution < -0.4 is 5.73 Å². The molecule has 0 aliphatic heterocycles. The molecule has 0 saturated carbocycles. The third-order valence-corrected chi connectivity index (χ3v) is 2.37. The summed E-state index contributed by atoms with van der Waals surface area (Å²) in [5.74, 6) is 0.797. The maximum absolute atomic E-state index is 13.2. The van der Waals surface area contributed by atoms with Crippen LogP contribution in [0.4, 0.5) is 4.39 Å². The summed E-state index contributed by atoms with van der Waals surface area (Å²) < 4.78 is 18.5. The summed E-state index contributed by atoms with van der Waals surface area (Å²) in [5, 5.41) is 0.101. The van der Waals surface area contributed by atoms with Crippen molar-refractivity contribution >= 4 is 11.6 Å². The molecule has 2 rings (SSSR count). The highest BCUT2D eigenvalue weighted by molar-refractivity contribution is 6.30. The molecule has 0 unspecified atom stereocenters. The average molecular weight is 226 g/mol. The van der Waals surface area contributed by atoms with Gasteiger partial charge < -0.3 is 10.2 Å². The van der Waals surface area contributed by atoms with Crippen molar-refractivity contribution < 1.29 is 8.81 Å². The number of hydrogen-bond acceptors (Lipinski definition) is 2. The molecule has 1 aromatic carbocycles. The van der Waals surface area contributed by atoms with Gasteiger partial charge in [0, 0.05) is 5.56 Å². The van der Waals surface area contributed by atoms with E-state index >= 15 is 0 Å². The van der Waals surface area contributed by atoms with Crippen molar-refractivity contribution in [2.24, 2.45) is 5.73 Å². The van der Waals surface area contributed by atoms with E-state index in [0.29, 0.717) is 23.6 Å². The first-order valence-corrected chi connectivity index (χ1v) is 4.82. The first kappa shape index (κ1) is 10.2. The van der Waals surface area contributed by atoms with Gasteiger partial charge in [0.05, 0.1) is 11.6 Å². The zero-order chi connectivity index (χ0) is 10.8. The molecular formula is C11H9ClFNO. The number of halogens is 2. The second-order valence-corrected chi connectivity index (χ2v) is 3.51. The predicted molar refractivity (Wildman–Crippen MR) is 57.0 cm³/mol. The molecule has 0 amide bonds. The molecule has 1 aromatic heterocycles. The third-order valence-electron chi connectivity index (χ3n) is 2.07. The second kappa shape index (κ2) is 4.04. The van der Waals surface area contributed by atoms with E-state index in [4.69, 9.17) is 21.8 Å². The fraction of sp³-hybridized carbons (Fsp3) is 0.0909. The molecule has 1 heterocycles. The number of hydrogen-bond donors (Lipinski definition) is 1. The lowest BCUT2D eigenvalue weighted by molar-refractivity contribution is 0.524. The van der Waals surface area contributed by atoms with Crippen LogP contribution in [0.5, 0.6) is 0 Å². The normalized spacial score (nSPS) is 10.6. The summed E-state index contributed by atoms with van der Waals surface area (Å²) in [4.78, 5) is 0. The van der Waals surface area contributed by atoms with Crippen molar-refractivity contribution in [2.45, 2.75) is 6.54 Å². The highest BCUT2D eigenvalue weighted by atomic mass is 35.5. The van der Waals surface area contributed by atoms with Gasteiger partial charge in [0.1, 0.15) is 17.3 Å². The lowest BCUT2D eigenvalue weighted by atomic mass is 10.2. The van der Waals surface area contributed by atoms with Gasteiger partial charge in [-0.3, -0.25) is 0 Å². The summed E-state index contributed by atoms with van der Waals surface area (Å²) in [6.45, 7) is 0.329. The van der Waals surface area contributed by atoms with E-state index in [-0.39, 0.29) is 5.02 Å². The Kier molecular flexibility index (Phi) is 2.75. The Bertz CT molecular complexity index is 481. The minimum absolute atomic E-state index is 0.101. The standard InChI is InChI=1S/C11H9ClFNO/c12-9-3-1-7(5-10(9)13)11-4-2-8(6-14)15-11/h1-5H,6,14H2. The SMILES string of the molecule is NCc1ccc(-c2ccc(Cl)c(F)c2)o1. The second-order valence-electron chi connectivity index (χ2n) is 3.10. The van der Waals surface area contributed by atoms with Crippen molar-refractivity contribution in [1.29, 1.82) is 0 Å². The lowest BCUT2D eigenvalue weighted by Crippen LogP contribution is -1.92. The predicted octanol–water partition coefficient (Wildman–Crippen LogP) is 3.20. The van der Waals surface area contributed by atoms with Gasteiger partial charge in [0.2, 0.25) is 0 Å². The van der Waals surface area contributed by atoms with Crippen LogP contribution in [-0.4, -0.2) is 0 Å². The van der Waals surface area contributed by atoms with Crippen LogP contribution in [-0.2, 0) is 6.54 Å². The molecule has 4 heteroatoms. The van der Waals surface area contributed by atoms with Crippen molar-refractivity contribution in [3.05, 3.63) is 46.9 Å². The van der Waals surface area contributed by atoms with Gasteiger partial charge in [-0.2, -0.15) is 0 Å². The number of nitrogens with two attached hydrogens (primary N) is 1. The molecule has 0 bridgehead atoms. The monoisotopic (exact) mass is 225 g/mol. The molecule has 2 N–H and O–H groups in total. The molecule has 15 heavy (non-hydrogen) atoms. The van der Waals surface area contributed by atoms with Gasteiger partial charge >= 0.3 is 0 Å². The zero-order valence-corrected chi connectivity index (χ0v) is 8.59. The fourth-order valence-electron chi connectivity index (χ4n) is 1.29. The molecule has 0 radical (unpaired) electrons. The molecule has 2 aromatic rings. The Labute approximate surface area is 91.5 Å². The zero-order valence-electron chi connectivity index (χ0n) is 7.84. The molecule has 0 aliphatic carbocycles. The molecular weight excluding hydrogens is 217 g/mol. The highest BCUT2D eigenvalue weighted by Gasteiger charge is 2.06. The Morgan fingerprint density at radius 3 is 2.67 bits per heavy atom. The molecule has 78 valence electrons.